The van der Waals surface area contributed by atoms with Gasteiger partial charge in [0.1, 0.15) is 11.6 Å². The average Bonchev–Trinajstić information content (AvgIpc) is 2.38. The number of rotatable bonds is 3. The minimum atomic E-state index is -1.05. The zero-order valence-electron chi connectivity index (χ0n) is 11.9. The number of hydrogen-bond acceptors (Lipinski definition) is 1. The summed E-state index contributed by atoms with van der Waals surface area (Å²) < 4.78 is 27.3. The molecule has 0 aliphatic rings. The van der Waals surface area contributed by atoms with Crippen LogP contribution < -0.4 is 0 Å². The van der Waals surface area contributed by atoms with E-state index in [1.807, 2.05) is 32.0 Å². The normalized spacial score (nSPS) is 12.5. The zero-order valence-corrected chi connectivity index (χ0v) is 11.9. The molecule has 0 aliphatic heterocycles. The van der Waals surface area contributed by atoms with Gasteiger partial charge >= 0.3 is 0 Å². The number of aliphatic hydroxyl groups is 1. The van der Waals surface area contributed by atoms with Gasteiger partial charge in [0.05, 0.1) is 6.10 Å². The van der Waals surface area contributed by atoms with Crippen molar-refractivity contribution < 1.29 is 13.9 Å². The molecule has 0 radical (unpaired) electrons. The molecule has 1 nitrogen and oxygen atoms in total. The maximum atomic E-state index is 13.8. The Morgan fingerprint density at radius 2 is 1.60 bits per heavy atom. The van der Waals surface area contributed by atoms with Crippen LogP contribution in [0.25, 0.3) is 0 Å². The van der Waals surface area contributed by atoms with Crippen molar-refractivity contribution in [1.82, 2.24) is 0 Å². The lowest BCUT2D eigenvalue weighted by Gasteiger charge is -2.14. The van der Waals surface area contributed by atoms with Crippen LogP contribution >= 0.6 is 0 Å². The standard InChI is InChI=1S/C17H18F2O/c1-10-4-5-13(6-11(10)2)8-17(20)14-9-15(18)12(3)7-16(14)19/h4-7,9,17,20H,8H2,1-3H3. The minimum Gasteiger partial charge on any atom is -0.388 e. The monoisotopic (exact) mass is 276 g/mol. The fourth-order valence-electron chi connectivity index (χ4n) is 2.18. The topological polar surface area (TPSA) is 20.2 Å². The van der Waals surface area contributed by atoms with Crippen LogP contribution in [0.1, 0.15) is 33.9 Å². The summed E-state index contributed by atoms with van der Waals surface area (Å²) in [7, 11) is 0. The summed E-state index contributed by atoms with van der Waals surface area (Å²) in [6, 6.07) is 8.02. The summed E-state index contributed by atoms with van der Waals surface area (Å²) in [6.07, 6.45) is -0.784. The number of aryl methyl sites for hydroxylation is 3. The maximum Gasteiger partial charge on any atom is 0.129 e. The van der Waals surface area contributed by atoms with E-state index in [0.29, 0.717) is 0 Å². The third-order valence-electron chi connectivity index (χ3n) is 3.64. The lowest BCUT2D eigenvalue weighted by molar-refractivity contribution is 0.173. The molecule has 1 N–H and O–H groups in total. The fourth-order valence-corrected chi connectivity index (χ4v) is 2.18. The summed E-state index contributed by atoms with van der Waals surface area (Å²) in [6.45, 7) is 5.49. The average molecular weight is 276 g/mol. The van der Waals surface area contributed by atoms with Crippen molar-refractivity contribution in [3.8, 4) is 0 Å². The van der Waals surface area contributed by atoms with Crippen molar-refractivity contribution in [3.63, 3.8) is 0 Å². The van der Waals surface area contributed by atoms with Crippen LogP contribution in [0.5, 0.6) is 0 Å². The van der Waals surface area contributed by atoms with E-state index in [9.17, 15) is 13.9 Å². The van der Waals surface area contributed by atoms with E-state index in [0.717, 1.165) is 28.8 Å². The molecule has 0 spiro atoms. The van der Waals surface area contributed by atoms with Gasteiger partial charge < -0.3 is 5.11 Å². The van der Waals surface area contributed by atoms with Gasteiger partial charge in [0.25, 0.3) is 0 Å². The SMILES string of the molecule is Cc1ccc(CC(O)c2cc(F)c(C)cc2F)cc1C. The number of aliphatic hydroxyl groups excluding tert-OH is 1. The Morgan fingerprint density at radius 3 is 2.25 bits per heavy atom. The smallest absolute Gasteiger partial charge is 0.129 e. The Kier molecular flexibility index (Phi) is 4.19. The van der Waals surface area contributed by atoms with E-state index >= 15 is 0 Å². The van der Waals surface area contributed by atoms with Gasteiger partial charge in [0, 0.05) is 12.0 Å². The van der Waals surface area contributed by atoms with Crippen molar-refractivity contribution in [2.45, 2.75) is 33.3 Å². The number of hydrogen-bond donors (Lipinski definition) is 1. The number of benzene rings is 2. The Hall–Kier alpha value is -1.74. The highest BCUT2D eigenvalue weighted by Gasteiger charge is 2.16. The molecule has 0 heterocycles. The predicted octanol–water partition coefficient (Wildman–Crippen LogP) is 4.17. The van der Waals surface area contributed by atoms with Crippen molar-refractivity contribution in [3.05, 3.63) is 69.8 Å². The first-order valence-electron chi connectivity index (χ1n) is 6.58. The first kappa shape index (κ1) is 14.7. The van der Waals surface area contributed by atoms with Gasteiger partial charge in [-0.2, -0.15) is 0 Å². The second-order valence-corrected chi connectivity index (χ2v) is 5.26. The van der Waals surface area contributed by atoms with Crippen LogP contribution in [-0.4, -0.2) is 5.11 Å². The van der Waals surface area contributed by atoms with E-state index in [2.05, 4.69) is 0 Å². The highest BCUT2D eigenvalue weighted by molar-refractivity contribution is 5.32. The molecule has 20 heavy (non-hydrogen) atoms. The highest BCUT2D eigenvalue weighted by atomic mass is 19.1. The third-order valence-corrected chi connectivity index (χ3v) is 3.64. The van der Waals surface area contributed by atoms with E-state index in [1.54, 1.807) is 0 Å². The van der Waals surface area contributed by atoms with Crippen LogP contribution in [0.4, 0.5) is 8.78 Å². The van der Waals surface area contributed by atoms with Gasteiger partial charge in [0.2, 0.25) is 0 Å². The van der Waals surface area contributed by atoms with Crippen molar-refractivity contribution >= 4 is 0 Å². The predicted molar refractivity (Wildman–Crippen MR) is 75.7 cm³/mol. The molecule has 0 aliphatic carbocycles. The van der Waals surface area contributed by atoms with Crippen LogP contribution in [0.3, 0.4) is 0 Å². The molecule has 0 bridgehead atoms. The first-order chi connectivity index (χ1) is 9.38. The van der Waals surface area contributed by atoms with Crippen LogP contribution in [0.15, 0.2) is 30.3 Å². The fraction of sp³-hybridized carbons (Fsp3) is 0.294. The molecular weight excluding hydrogens is 258 g/mol. The summed E-state index contributed by atoms with van der Waals surface area (Å²) in [5.41, 5.74) is 3.43. The molecule has 0 saturated carbocycles. The van der Waals surface area contributed by atoms with Crippen molar-refractivity contribution in [2.24, 2.45) is 0 Å². The largest absolute Gasteiger partial charge is 0.388 e. The van der Waals surface area contributed by atoms with Crippen LogP contribution in [-0.2, 0) is 6.42 Å². The van der Waals surface area contributed by atoms with Gasteiger partial charge in [-0.1, -0.05) is 18.2 Å². The van der Waals surface area contributed by atoms with Gasteiger partial charge in [-0.05, 0) is 55.2 Å². The quantitative estimate of drug-likeness (QED) is 0.892. The van der Waals surface area contributed by atoms with E-state index in [1.165, 1.54) is 6.92 Å². The number of halogens is 2. The van der Waals surface area contributed by atoms with Gasteiger partial charge in [-0.15, -0.1) is 0 Å². The van der Waals surface area contributed by atoms with E-state index in [-0.39, 0.29) is 17.5 Å². The molecule has 0 fully saturated rings. The molecule has 3 heteroatoms. The van der Waals surface area contributed by atoms with Crippen molar-refractivity contribution in [2.75, 3.05) is 0 Å². The maximum absolute atomic E-state index is 13.8. The molecule has 0 saturated heterocycles. The minimum absolute atomic E-state index is 0.00586. The molecule has 106 valence electrons. The lowest BCUT2D eigenvalue weighted by Crippen LogP contribution is -2.06. The molecular formula is C17H18F2O. The highest BCUT2D eigenvalue weighted by Crippen LogP contribution is 2.24. The van der Waals surface area contributed by atoms with Crippen LogP contribution in [0.2, 0.25) is 0 Å². The summed E-state index contributed by atoms with van der Waals surface area (Å²) >= 11 is 0. The molecule has 2 aromatic carbocycles. The summed E-state index contributed by atoms with van der Waals surface area (Å²) in [5, 5.41) is 10.1. The molecule has 2 aromatic rings. The van der Waals surface area contributed by atoms with E-state index in [4.69, 9.17) is 0 Å². The Morgan fingerprint density at radius 1 is 0.900 bits per heavy atom. The molecule has 2 rings (SSSR count). The Labute approximate surface area is 117 Å². The molecule has 1 unspecified atom stereocenters. The summed E-state index contributed by atoms with van der Waals surface area (Å²) in [5.74, 6) is -1.07. The van der Waals surface area contributed by atoms with Gasteiger partial charge in [0.15, 0.2) is 0 Å². The molecule has 0 aromatic heterocycles. The van der Waals surface area contributed by atoms with Gasteiger partial charge in [-0.25, -0.2) is 8.78 Å². The first-order valence-corrected chi connectivity index (χ1v) is 6.58. The van der Waals surface area contributed by atoms with E-state index < -0.39 is 17.7 Å². The zero-order chi connectivity index (χ0) is 14.9. The van der Waals surface area contributed by atoms with Crippen LogP contribution in [0, 0.1) is 32.4 Å². The lowest BCUT2D eigenvalue weighted by atomic mass is 9.97. The third kappa shape index (κ3) is 3.05. The summed E-state index contributed by atoms with van der Waals surface area (Å²) in [4.78, 5) is 0. The second-order valence-electron chi connectivity index (χ2n) is 5.26. The Balaban J connectivity index is 2.25. The molecule has 1 atom stereocenters. The second kappa shape index (κ2) is 5.71. The van der Waals surface area contributed by atoms with Gasteiger partial charge in [-0.3, -0.25) is 0 Å². The molecule has 0 amide bonds. The van der Waals surface area contributed by atoms with Crippen molar-refractivity contribution in [1.29, 1.82) is 0 Å². The Bertz CT molecular complexity index is 635.